The molecule has 4 amide bonds. The zero-order valence-electron chi connectivity index (χ0n) is 52.0. The van der Waals surface area contributed by atoms with Crippen LogP contribution in [0.5, 0.6) is 0 Å². The Bertz CT molecular complexity index is 2830. The summed E-state index contributed by atoms with van der Waals surface area (Å²) in [6.07, 6.45) is 1.53. The molecule has 0 spiro atoms. The summed E-state index contributed by atoms with van der Waals surface area (Å²) < 4.78 is 59.4. The molecule has 2 saturated heterocycles. The number of carbonyl (C=O) groups excluding carboxylic acids is 6. The van der Waals surface area contributed by atoms with Gasteiger partial charge < -0.3 is 77.5 Å². The SMILES string of the molecule is CNCc1cc2ccccc2n1CCC(=O)CCC(=O)NCCOCCOCCOCCOCCOCCOCCC(=O)N(C)[C@@H](C)C(=O)O[C@H]1CC(=O)N(C)c2cc(cc(C)c2Cl)C/C(C)=C/C=C/[C@@H](OC)[C@]2(O)C[C@H](OC(=O)N2)[C@@H](C)C2O[C@]21C. The molecule has 1 unspecified atom stereocenters. The van der Waals surface area contributed by atoms with Gasteiger partial charge in [-0.25, -0.2) is 9.59 Å². The van der Waals surface area contributed by atoms with E-state index in [2.05, 4.69) is 38.7 Å². The van der Waals surface area contributed by atoms with E-state index in [0.29, 0.717) is 103 Å². The molecule has 3 aliphatic heterocycles. The third-order valence-electron chi connectivity index (χ3n) is 15.9. The number of allylic oxidation sites excluding steroid dienone is 3. The average Bonchev–Trinajstić information content (AvgIpc) is 1.62. The highest BCUT2D eigenvalue weighted by Crippen LogP contribution is 2.49. The predicted octanol–water partition coefficient (Wildman–Crippen LogP) is 5.53. The number of methoxy groups -OCH3 is 1. The maximum atomic E-state index is 14.3. The highest BCUT2D eigenvalue weighted by atomic mass is 35.5. The molecule has 3 aromatic rings. The van der Waals surface area contributed by atoms with E-state index >= 15 is 0 Å². The van der Waals surface area contributed by atoms with Gasteiger partial charge in [-0.3, -0.25) is 24.5 Å². The van der Waals surface area contributed by atoms with Gasteiger partial charge in [0, 0.05) is 83.7 Å². The van der Waals surface area contributed by atoms with Crippen LogP contribution in [0.2, 0.25) is 5.02 Å². The second kappa shape index (κ2) is 34.8. The number of amides is 4. The number of benzene rings is 2. The minimum Gasteiger partial charge on any atom is -0.457 e. The van der Waals surface area contributed by atoms with E-state index in [4.69, 9.17) is 59.0 Å². The molecule has 87 heavy (non-hydrogen) atoms. The smallest absolute Gasteiger partial charge is 0.409 e. The van der Waals surface area contributed by atoms with Crippen LogP contribution in [0.25, 0.3) is 10.9 Å². The Morgan fingerprint density at radius 1 is 0.885 bits per heavy atom. The molecule has 0 aliphatic carbocycles. The normalized spacial score (nSPS) is 23.6. The van der Waals surface area contributed by atoms with Crippen molar-refractivity contribution in [2.45, 2.75) is 134 Å². The van der Waals surface area contributed by atoms with Gasteiger partial charge in [-0.1, -0.05) is 66.6 Å². The summed E-state index contributed by atoms with van der Waals surface area (Å²) >= 11 is 6.83. The van der Waals surface area contributed by atoms with Crippen molar-refractivity contribution in [3.63, 3.8) is 0 Å². The monoisotopic (exact) mass is 1240 g/mol. The van der Waals surface area contributed by atoms with E-state index in [-0.39, 0.29) is 69.5 Å². The average molecular weight is 1240 g/mol. The summed E-state index contributed by atoms with van der Waals surface area (Å²) in [5.41, 5.74) is 2.18. The topological polar surface area (TPSA) is 266 Å². The number of fused-ring (bicyclic) bond motifs is 6. The molecule has 8 atom stereocenters. The molecule has 0 saturated carbocycles. The number of Topliss-reactive ketones (excluding diaryl/α,β-unsaturated/α-hetero) is 1. The Labute approximate surface area is 515 Å². The molecule has 3 aliphatic rings. The number of esters is 1. The minimum atomic E-state index is -1.85. The molecule has 24 heteroatoms. The fraction of sp³-hybridized carbons (Fsp3) is 0.619. The zero-order chi connectivity index (χ0) is 63.1. The Hall–Kier alpha value is -5.83. The minimum absolute atomic E-state index is 0.0280. The Morgan fingerprint density at radius 3 is 2.16 bits per heavy atom. The maximum Gasteiger partial charge on any atom is 0.409 e. The summed E-state index contributed by atoms with van der Waals surface area (Å²) in [6.45, 7) is 14.3. The van der Waals surface area contributed by atoms with Crippen LogP contribution in [0.3, 0.4) is 0 Å². The molecule has 2 fully saturated rings. The summed E-state index contributed by atoms with van der Waals surface area (Å²) in [5, 5.41) is 21.9. The van der Waals surface area contributed by atoms with Gasteiger partial charge in [0.15, 0.2) is 5.72 Å². The fourth-order valence-corrected chi connectivity index (χ4v) is 10.9. The van der Waals surface area contributed by atoms with Gasteiger partial charge in [-0.2, -0.15) is 0 Å². The molecule has 482 valence electrons. The van der Waals surface area contributed by atoms with Gasteiger partial charge >= 0.3 is 12.1 Å². The first kappa shape index (κ1) is 70.3. The van der Waals surface area contributed by atoms with Gasteiger partial charge in [0.1, 0.15) is 35.7 Å². The van der Waals surface area contributed by atoms with Gasteiger partial charge in [0.2, 0.25) is 17.7 Å². The highest BCUT2D eigenvalue weighted by molar-refractivity contribution is 6.34. The van der Waals surface area contributed by atoms with Crippen molar-refractivity contribution >= 4 is 63.8 Å². The number of hydrogen-bond acceptors (Lipinski definition) is 18. The zero-order valence-corrected chi connectivity index (χ0v) is 52.7. The standard InChI is InChI=1S/C63H91ClN6O17/c1-42-13-12-16-53(78-9)63(77)40-52(85-61(76)67-63)44(3)59-62(5,87-59)54(39-57(74)69(8)51-37-46(35-42)36-43(2)58(51)64)86-60(75)45(4)68(7)56(73)20-23-79-25-27-81-29-31-83-33-34-84-32-30-82-28-26-80-24-21-66-55(72)18-17-49(71)19-22-70-48(41-65-6)38-47-14-10-11-15-50(47)70/h10-16,36-38,44-45,52-54,59,65,77H,17-35,39-41H2,1-9H3,(H,66,72)(H,67,76)/b16-12+,42-13+/t44-,45+,52+,53-,54+,59?,62+,63-/m1/s1. The van der Waals surface area contributed by atoms with Crippen LogP contribution in [0, 0.1) is 12.8 Å². The maximum absolute atomic E-state index is 14.3. The fourth-order valence-electron chi connectivity index (χ4n) is 10.6. The summed E-state index contributed by atoms with van der Waals surface area (Å²) in [6, 6.07) is 13.0. The number of likely N-dealkylation sites (N-methyl/N-ethyl adjacent to an activating group) is 1. The highest BCUT2D eigenvalue weighted by Gasteiger charge is 2.64. The van der Waals surface area contributed by atoms with Crippen LogP contribution in [0.15, 0.2) is 66.3 Å². The molecule has 1 aromatic heterocycles. The number of hydrogen-bond donors (Lipinski definition) is 4. The molecule has 2 aromatic carbocycles. The second-order valence-corrected chi connectivity index (χ2v) is 22.8. The first-order valence-electron chi connectivity index (χ1n) is 29.9. The number of aliphatic hydroxyl groups is 1. The number of para-hydroxylation sites is 1. The number of aryl methyl sites for hydroxylation is 2. The van der Waals surface area contributed by atoms with Gasteiger partial charge in [-0.05, 0) is 75.9 Å². The lowest BCUT2D eigenvalue weighted by molar-refractivity contribution is -0.162. The molecule has 4 N–H and O–H groups in total. The number of nitrogens with zero attached hydrogens (tertiary/aromatic N) is 3. The summed E-state index contributed by atoms with van der Waals surface area (Å²) in [4.78, 5) is 82.2. The molecule has 4 heterocycles. The summed E-state index contributed by atoms with van der Waals surface area (Å²) in [5.74, 6) is -2.26. The Kier molecular flexibility index (Phi) is 28.1. The van der Waals surface area contributed by atoms with Crippen LogP contribution in [0.1, 0.15) is 83.0 Å². The quantitative estimate of drug-likeness (QED) is 0.0332. The number of alkyl carbamates (subject to hydrolysis) is 1. The molecule has 4 bridgehead atoms. The number of ketones is 1. The van der Waals surface area contributed by atoms with E-state index in [1.165, 1.54) is 30.9 Å². The van der Waals surface area contributed by atoms with E-state index in [0.717, 1.165) is 33.3 Å². The van der Waals surface area contributed by atoms with Crippen molar-refractivity contribution in [3.8, 4) is 0 Å². The van der Waals surface area contributed by atoms with Crippen molar-refractivity contribution in [1.82, 2.24) is 25.4 Å². The molecule has 23 nitrogen and oxygen atoms in total. The lowest BCUT2D eigenvalue weighted by Gasteiger charge is -2.42. The molecule has 0 radical (unpaired) electrons. The number of anilines is 1. The van der Waals surface area contributed by atoms with E-state index in [1.54, 1.807) is 33.0 Å². The second-order valence-electron chi connectivity index (χ2n) is 22.5. The van der Waals surface area contributed by atoms with Crippen molar-refractivity contribution in [3.05, 3.63) is 88.1 Å². The number of ether oxygens (including phenoxy) is 10. The van der Waals surface area contributed by atoms with Crippen LogP contribution >= 0.6 is 11.6 Å². The van der Waals surface area contributed by atoms with E-state index in [9.17, 15) is 33.9 Å². The van der Waals surface area contributed by atoms with Crippen LogP contribution in [-0.2, 0) is 90.9 Å². The third kappa shape index (κ3) is 20.9. The van der Waals surface area contributed by atoms with Crippen molar-refractivity contribution in [2.75, 3.05) is 119 Å². The van der Waals surface area contributed by atoms with Crippen LogP contribution in [0.4, 0.5) is 10.5 Å². The van der Waals surface area contributed by atoms with Crippen molar-refractivity contribution < 1.29 is 81.2 Å². The predicted molar refractivity (Wildman–Crippen MR) is 325 cm³/mol. The van der Waals surface area contributed by atoms with Gasteiger partial charge in [0.05, 0.1) is 109 Å². The number of epoxide rings is 1. The lowest BCUT2D eigenvalue weighted by atomic mass is 9.83. The number of rotatable bonds is 33. The van der Waals surface area contributed by atoms with Gasteiger partial charge in [0.25, 0.3) is 0 Å². The van der Waals surface area contributed by atoms with Gasteiger partial charge in [-0.15, -0.1) is 0 Å². The number of halogens is 1. The molecular weight excluding hydrogens is 1150 g/mol. The lowest BCUT2D eigenvalue weighted by Crippen LogP contribution is -2.63. The Balaban J connectivity index is 0.811. The van der Waals surface area contributed by atoms with E-state index in [1.807, 2.05) is 51.2 Å². The van der Waals surface area contributed by atoms with Crippen LogP contribution in [-0.4, -0.2) is 206 Å². The first-order valence-corrected chi connectivity index (χ1v) is 30.3. The number of nitrogens with one attached hydrogen (secondary N) is 3. The van der Waals surface area contributed by atoms with Crippen molar-refractivity contribution in [1.29, 1.82) is 0 Å². The largest absolute Gasteiger partial charge is 0.457 e. The van der Waals surface area contributed by atoms with E-state index < -0.39 is 65.7 Å². The Morgan fingerprint density at radius 2 is 1.52 bits per heavy atom. The number of aromatic nitrogens is 1. The number of carbonyl (C=O) groups is 6. The molecular formula is C63H91ClN6O17. The first-order chi connectivity index (χ1) is 41.7. The van der Waals surface area contributed by atoms with Crippen LogP contribution < -0.4 is 20.9 Å². The third-order valence-corrected chi connectivity index (χ3v) is 16.4. The summed E-state index contributed by atoms with van der Waals surface area (Å²) in [7, 11) is 6.42. The molecule has 6 rings (SSSR count). The van der Waals surface area contributed by atoms with Crippen molar-refractivity contribution in [2.24, 2.45) is 5.92 Å².